The summed E-state index contributed by atoms with van der Waals surface area (Å²) in [5.41, 5.74) is 3.56. The number of carbonyl (C=O) groups is 5. The quantitative estimate of drug-likeness (QED) is 0.0939. The van der Waals surface area contributed by atoms with Gasteiger partial charge in [0.1, 0.15) is 17.8 Å². The van der Waals surface area contributed by atoms with Crippen molar-refractivity contribution in [1.29, 1.82) is 0 Å². The van der Waals surface area contributed by atoms with E-state index >= 15 is 0 Å². The number of nitrogens with zero attached hydrogens (tertiary/aromatic N) is 1. The highest BCUT2D eigenvalue weighted by molar-refractivity contribution is 6.09. The summed E-state index contributed by atoms with van der Waals surface area (Å²) in [7, 11) is 2.96. The molecule has 7 saturated carbocycles. The molecule has 3 aromatic rings. The number of esters is 4. The van der Waals surface area contributed by atoms with Crippen LogP contribution in [0, 0.1) is 110 Å². The lowest BCUT2D eigenvalue weighted by atomic mass is 9.44. The van der Waals surface area contributed by atoms with Crippen LogP contribution in [0.1, 0.15) is 215 Å². The van der Waals surface area contributed by atoms with Gasteiger partial charge in [0.25, 0.3) is 0 Å². The largest absolute Gasteiger partial charge is 0.469 e. The summed E-state index contributed by atoms with van der Waals surface area (Å²) >= 11 is 0. The molecule has 7 fully saturated rings. The summed E-state index contributed by atoms with van der Waals surface area (Å²) in [5.74, 6) is 17.5. The van der Waals surface area contributed by atoms with Gasteiger partial charge in [0.15, 0.2) is 0 Å². The number of aromatic nitrogens is 1. The predicted molar refractivity (Wildman–Crippen MR) is 336 cm³/mol. The van der Waals surface area contributed by atoms with Gasteiger partial charge in [0.05, 0.1) is 25.3 Å². The molecule has 9 unspecified atom stereocenters. The Labute approximate surface area is 514 Å². The zero-order valence-corrected chi connectivity index (χ0v) is 54.3. The van der Waals surface area contributed by atoms with Crippen LogP contribution in [-0.4, -0.2) is 73.1 Å². The molecule has 12 heteroatoms. The third-order valence-electron chi connectivity index (χ3n) is 25.0. The van der Waals surface area contributed by atoms with E-state index in [-0.39, 0.29) is 40.4 Å². The van der Waals surface area contributed by atoms with Gasteiger partial charge in [-0.3, -0.25) is 9.59 Å². The highest BCUT2D eigenvalue weighted by Gasteiger charge is 2.61. The summed E-state index contributed by atoms with van der Waals surface area (Å²) in [6.07, 6.45) is 21.2. The Morgan fingerprint density at radius 3 is 1.76 bits per heavy atom. The van der Waals surface area contributed by atoms with E-state index in [1.54, 1.807) is 0 Å². The first kappa shape index (κ1) is 63.5. The first-order chi connectivity index (χ1) is 40.8. The fraction of sp³-hybridized carbons (Fsp3) is 0.716. The van der Waals surface area contributed by atoms with Crippen LogP contribution in [-0.2, 0) is 49.4 Å². The van der Waals surface area contributed by atoms with E-state index in [1.165, 1.54) is 78.4 Å². The van der Waals surface area contributed by atoms with Crippen molar-refractivity contribution >= 4 is 51.8 Å². The van der Waals surface area contributed by atoms with Crippen LogP contribution in [0.4, 0.5) is 4.79 Å². The molecule has 7 aliphatic carbocycles. The van der Waals surface area contributed by atoms with Crippen LogP contribution in [0.3, 0.4) is 0 Å². The van der Waals surface area contributed by atoms with E-state index in [9.17, 15) is 24.0 Å². The second-order valence-corrected chi connectivity index (χ2v) is 30.5. The average Bonchev–Trinajstić information content (AvgIpc) is 1.24. The van der Waals surface area contributed by atoms with Crippen LogP contribution in [0.5, 0.6) is 0 Å². The van der Waals surface area contributed by atoms with Gasteiger partial charge >= 0.3 is 30.0 Å². The minimum absolute atomic E-state index is 0.0991. The Morgan fingerprint density at radius 1 is 0.640 bits per heavy atom. The molecular formula is C74H102N2O10. The van der Waals surface area contributed by atoms with Crippen molar-refractivity contribution in [2.75, 3.05) is 20.8 Å². The molecule has 0 aliphatic heterocycles. The minimum atomic E-state index is -0.644. The predicted octanol–water partition coefficient (Wildman–Crippen LogP) is 15.3. The summed E-state index contributed by atoms with van der Waals surface area (Å²) in [6, 6.07) is 11.9. The van der Waals surface area contributed by atoms with Crippen molar-refractivity contribution in [2.45, 2.75) is 228 Å². The first-order valence-electron chi connectivity index (χ1n) is 33.5. The van der Waals surface area contributed by atoms with Crippen molar-refractivity contribution in [3.63, 3.8) is 0 Å². The number of fused-ring (bicyclic) bond motifs is 11. The zero-order chi connectivity index (χ0) is 61.5. The molecule has 7 aliphatic rings. The zero-order valence-electron chi connectivity index (χ0n) is 54.3. The molecular weight excluding hydrogens is 1080 g/mol. The smallest absolute Gasteiger partial charge is 0.407 e. The topological polar surface area (TPSA) is 148 Å². The average molecular weight is 1180 g/mol. The Bertz CT molecular complexity index is 3150. The summed E-state index contributed by atoms with van der Waals surface area (Å²) in [6.45, 7) is 23.4. The van der Waals surface area contributed by atoms with E-state index in [1.807, 2.05) is 57.2 Å². The highest BCUT2D eigenvalue weighted by atomic mass is 16.6. The number of hydrogen-bond donors (Lipinski definition) is 1. The number of rotatable bonds is 14. The van der Waals surface area contributed by atoms with Gasteiger partial charge in [-0.1, -0.05) is 72.4 Å². The molecule has 0 spiro atoms. The van der Waals surface area contributed by atoms with Gasteiger partial charge in [0, 0.05) is 59.7 Å². The van der Waals surface area contributed by atoms with E-state index in [2.05, 4.69) is 82.0 Å². The lowest BCUT2D eigenvalue weighted by molar-refractivity contribution is -0.157. The first-order valence-corrected chi connectivity index (χ1v) is 33.5. The fourth-order valence-electron chi connectivity index (χ4n) is 20.0. The van der Waals surface area contributed by atoms with Crippen LogP contribution in [0.15, 0.2) is 36.4 Å². The summed E-state index contributed by atoms with van der Waals surface area (Å²) in [4.78, 5) is 63.9. The van der Waals surface area contributed by atoms with E-state index in [0.717, 1.165) is 91.4 Å². The van der Waals surface area contributed by atoms with Gasteiger partial charge < -0.3 is 33.6 Å². The van der Waals surface area contributed by atoms with Gasteiger partial charge in [0.2, 0.25) is 0 Å². The molecule has 10 rings (SSSR count). The Kier molecular flexibility index (Phi) is 18.9. The van der Waals surface area contributed by atoms with E-state index in [0.29, 0.717) is 95.7 Å². The lowest BCUT2D eigenvalue weighted by Gasteiger charge is -2.61. The van der Waals surface area contributed by atoms with E-state index in [4.69, 9.17) is 23.7 Å². The normalized spacial score (nSPS) is 33.9. The Hall–Kier alpha value is -5.49. The number of benzene rings is 2. The molecule has 468 valence electrons. The molecule has 1 amide bonds. The van der Waals surface area contributed by atoms with Gasteiger partial charge in [-0.2, -0.15) is 0 Å². The molecule has 0 saturated heterocycles. The van der Waals surface area contributed by atoms with Crippen LogP contribution in [0.2, 0.25) is 0 Å². The van der Waals surface area contributed by atoms with Crippen molar-refractivity contribution in [3.05, 3.63) is 47.5 Å². The molecule has 1 N–H and O–H groups in total. The molecule has 0 bridgehead atoms. The number of carbonyl (C=O) groups excluding carboxylic acids is 5. The SMILES string of the molecule is COC(=O)CC[C@@H](C)C(C)C1(C)CCC2[C@@H](CC[C@@H]3C[C@H](OC(=O)C#Cc4ccc5c6ccc(C#CC(=O)O[C@@H]7CCC8(C)C(CC[C@@H]9C8CCC8(C)C([C@H](C)CCC(=O)OC)CC[C@@H]98)C7)cc6n(CCNC(=O)OC(C)(C)C)c5c4)CCC23C)C1. The maximum absolute atomic E-state index is 13.6. The van der Waals surface area contributed by atoms with Crippen molar-refractivity contribution in [2.24, 2.45) is 86.8 Å². The standard InChI is InChI=1S/C74H102N2O10/c1-46(13-27-65(77)82-11)48(3)71(7)35-33-60-51(45-71)19-20-52-43-54(31-36-72(52,60)8)84-67(79)29-17-49-15-22-56-57-23-16-50(42-64(57)76(63(56)41-49)40-39-75-69(81)86-70(4,5)6)18-30-68(80)85-55-32-37-73(9)53(44-55)21-24-58-61-26-25-59(47(2)14-28-66(78)83-12)74(61,10)38-34-62(58)73/h15-16,22-23,41-42,46-48,51-55,58-62H,13-14,19-21,24-28,31-40,43-45H2,1-12H3,(H,75,81)/t46-,47-,48?,51+,52-,53?,54-,55-,58+,59?,60?,61+,62?,71?,72?,73?,74?/m1/s1. The maximum atomic E-state index is 13.6. The number of alkyl carbamates (subject to hydrolysis) is 1. The minimum Gasteiger partial charge on any atom is -0.469 e. The molecule has 17 atom stereocenters. The second-order valence-electron chi connectivity index (χ2n) is 30.5. The number of amides is 1. The van der Waals surface area contributed by atoms with Crippen molar-refractivity contribution < 1.29 is 47.7 Å². The van der Waals surface area contributed by atoms with Gasteiger partial charge in [-0.25, -0.2) is 14.4 Å². The molecule has 1 heterocycles. The number of methoxy groups -OCH3 is 2. The molecule has 1 aromatic heterocycles. The van der Waals surface area contributed by atoms with E-state index < -0.39 is 23.6 Å². The number of hydrogen-bond acceptors (Lipinski definition) is 10. The Morgan fingerprint density at radius 2 is 1.17 bits per heavy atom. The summed E-state index contributed by atoms with van der Waals surface area (Å²) < 4.78 is 30.0. The highest BCUT2D eigenvalue weighted by Crippen LogP contribution is 2.69. The molecule has 0 radical (unpaired) electrons. The monoisotopic (exact) mass is 1180 g/mol. The lowest BCUT2D eigenvalue weighted by Crippen LogP contribution is -2.54. The third kappa shape index (κ3) is 13.1. The van der Waals surface area contributed by atoms with Crippen LogP contribution >= 0.6 is 0 Å². The van der Waals surface area contributed by atoms with Crippen LogP contribution in [0.25, 0.3) is 21.8 Å². The number of ether oxygens (including phenoxy) is 5. The maximum Gasteiger partial charge on any atom is 0.407 e. The molecule has 2 aromatic carbocycles. The molecule has 86 heavy (non-hydrogen) atoms. The van der Waals surface area contributed by atoms with Crippen LogP contribution < -0.4 is 5.32 Å². The second kappa shape index (κ2) is 25.5. The Balaban J connectivity index is 0.770. The summed E-state index contributed by atoms with van der Waals surface area (Å²) in [5, 5.41) is 4.89. The fourth-order valence-corrected chi connectivity index (χ4v) is 20.0. The molecule has 12 nitrogen and oxygen atoms in total. The van der Waals surface area contributed by atoms with Crippen molar-refractivity contribution in [1.82, 2.24) is 9.88 Å². The van der Waals surface area contributed by atoms with Crippen molar-refractivity contribution in [3.8, 4) is 23.7 Å². The van der Waals surface area contributed by atoms with Gasteiger partial charge in [-0.05, 0) is 254 Å². The van der Waals surface area contributed by atoms with Gasteiger partial charge in [-0.15, -0.1) is 0 Å². The number of nitrogens with one attached hydrogen (secondary N) is 1. The third-order valence-corrected chi connectivity index (χ3v) is 25.0.